The molecule has 2 saturated carbocycles. The van der Waals surface area contributed by atoms with Crippen molar-refractivity contribution in [2.75, 3.05) is 0 Å². The van der Waals surface area contributed by atoms with Gasteiger partial charge in [-0.3, -0.25) is 9.59 Å². The standard InChI is InChI=1S/C15H23NO5/c1-15(2,3)21-12(17)7-11(14(19)20)16-13(18)10-5-8-4-9(8)6-10/h8-11H,4-7H2,1-3H3,(H,16,18)(H,19,20)/t8?,9?,10?,11-/m0/s1. The number of carboxylic acid groups (broad SMARTS) is 1. The zero-order chi connectivity index (χ0) is 15.8. The molecule has 0 radical (unpaired) electrons. The topological polar surface area (TPSA) is 92.7 Å². The van der Waals surface area contributed by atoms with Crippen molar-refractivity contribution in [3.8, 4) is 0 Å². The van der Waals surface area contributed by atoms with Crippen LogP contribution in [0.3, 0.4) is 0 Å². The minimum atomic E-state index is -1.22. The van der Waals surface area contributed by atoms with E-state index in [2.05, 4.69) is 5.32 Å². The molecule has 0 bridgehead atoms. The molecular formula is C15H23NO5. The van der Waals surface area contributed by atoms with Gasteiger partial charge < -0.3 is 15.2 Å². The van der Waals surface area contributed by atoms with Crippen LogP contribution in [0.25, 0.3) is 0 Å². The molecule has 0 aliphatic heterocycles. The molecule has 0 aromatic rings. The molecular weight excluding hydrogens is 274 g/mol. The second-order valence-corrected chi connectivity index (χ2v) is 7.11. The Labute approximate surface area is 124 Å². The van der Waals surface area contributed by atoms with Gasteiger partial charge in [-0.2, -0.15) is 0 Å². The lowest BCUT2D eigenvalue weighted by atomic mass is 10.0. The summed E-state index contributed by atoms with van der Waals surface area (Å²) in [4.78, 5) is 35.0. The summed E-state index contributed by atoms with van der Waals surface area (Å²) in [7, 11) is 0. The number of hydrogen-bond acceptors (Lipinski definition) is 4. The number of aliphatic carboxylic acids is 1. The van der Waals surface area contributed by atoms with Gasteiger partial charge in [0, 0.05) is 5.92 Å². The summed E-state index contributed by atoms with van der Waals surface area (Å²) in [5, 5.41) is 11.6. The third kappa shape index (κ3) is 4.44. The molecule has 0 aromatic carbocycles. The number of esters is 1. The molecule has 1 amide bonds. The largest absolute Gasteiger partial charge is 0.480 e. The van der Waals surface area contributed by atoms with Crippen molar-refractivity contribution < 1.29 is 24.2 Å². The molecule has 0 aromatic heterocycles. The normalized spacial score (nSPS) is 28.4. The molecule has 2 fully saturated rings. The van der Waals surface area contributed by atoms with Crippen LogP contribution in [0.2, 0.25) is 0 Å². The van der Waals surface area contributed by atoms with Gasteiger partial charge in [0.05, 0.1) is 6.42 Å². The van der Waals surface area contributed by atoms with Crippen LogP contribution < -0.4 is 5.32 Å². The van der Waals surface area contributed by atoms with E-state index in [9.17, 15) is 14.4 Å². The molecule has 6 nitrogen and oxygen atoms in total. The first-order valence-corrected chi connectivity index (χ1v) is 7.40. The fourth-order valence-electron chi connectivity index (χ4n) is 2.97. The van der Waals surface area contributed by atoms with Crippen molar-refractivity contribution >= 4 is 17.8 Å². The van der Waals surface area contributed by atoms with E-state index >= 15 is 0 Å². The molecule has 2 unspecified atom stereocenters. The van der Waals surface area contributed by atoms with Crippen LogP contribution in [0, 0.1) is 17.8 Å². The van der Waals surface area contributed by atoms with Gasteiger partial charge in [-0.1, -0.05) is 0 Å². The maximum atomic E-state index is 12.1. The van der Waals surface area contributed by atoms with E-state index in [1.807, 2.05) is 0 Å². The molecule has 6 heteroatoms. The van der Waals surface area contributed by atoms with Gasteiger partial charge in [0.2, 0.25) is 5.91 Å². The van der Waals surface area contributed by atoms with E-state index in [4.69, 9.17) is 9.84 Å². The van der Waals surface area contributed by atoms with Crippen molar-refractivity contribution in [2.24, 2.45) is 17.8 Å². The first-order valence-electron chi connectivity index (χ1n) is 7.40. The predicted octanol–water partition coefficient (Wildman–Crippen LogP) is 1.33. The van der Waals surface area contributed by atoms with Crippen molar-refractivity contribution in [2.45, 2.75) is 58.1 Å². The smallest absolute Gasteiger partial charge is 0.326 e. The summed E-state index contributed by atoms with van der Waals surface area (Å²) in [6.45, 7) is 5.14. The third-order valence-electron chi connectivity index (χ3n) is 4.02. The minimum Gasteiger partial charge on any atom is -0.480 e. The highest BCUT2D eigenvalue weighted by molar-refractivity contribution is 5.88. The molecule has 2 aliphatic carbocycles. The second-order valence-electron chi connectivity index (χ2n) is 7.11. The maximum Gasteiger partial charge on any atom is 0.326 e. The number of rotatable bonds is 5. The van der Waals surface area contributed by atoms with E-state index in [-0.39, 0.29) is 18.2 Å². The van der Waals surface area contributed by atoms with Gasteiger partial charge in [-0.05, 0) is 51.9 Å². The highest BCUT2D eigenvalue weighted by Gasteiger charge is 2.48. The van der Waals surface area contributed by atoms with E-state index < -0.39 is 23.6 Å². The van der Waals surface area contributed by atoms with Crippen molar-refractivity contribution in [3.05, 3.63) is 0 Å². The highest BCUT2D eigenvalue weighted by atomic mass is 16.6. The molecule has 2 N–H and O–H groups in total. The lowest BCUT2D eigenvalue weighted by Crippen LogP contribution is -2.45. The van der Waals surface area contributed by atoms with Crippen molar-refractivity contribution in [1.82, 2.24) is 5.32 Å². The summed E-state index contributed by atoms with van der Waals surface area (Å²) in [5.74, 6) is -0.890. The van der Waals surface area contributed by atoms with Crippen LogP contribution in [0.5, 0.6) is 0 Å². The van der Waals surface area contributed by atoms with Crippen LogP contribution in [-0.4, -0.2) is 34.6 Å². The number of carbonyl (C=O) groups excluding carboxylic acids is 2. The molecule has 2 aliphatic rings. The van der Waals surface area contributed by atoms with Gasteiger partial charge in [-0.25, -0.2) is 4.79 Å². The summed E-state index contributed by atoms with van der Waals surface area (Å²) in [5.41, 5.74) is -0.670. The average Bonchev–Trinajstić information content (AvgIpc) is 2.92. The van der Waals surface area contributed by atoms with Crippen LogP contribution >= 0.6 is 0 Å². The second kappa shape index (κ2) is 5.66. The number of ether oxygens (including phenoxy) is 1. The Morgan fingerprint density at radius 3 is 2.24 bits per heavy atom. The van der Waals surface area contributed by atoms with Gasteiger partial charge in [0.1, 0.15) is 11.6 Å². The Bertz CT molecular complexity index is 443. The third-order valence-corrected chi connectivity index (χ3v) is 4.02. The molecule has 0 heterocycles. The Balaban J connectivity index is 1.85. The molecule has 21 heavy (non-hydrogen) atoms. The Morgan fingerprint density at radius 2 is 1.76 bits per heavy atom. The van der Waals surface area contributed by atoms with Gasteiger partial charge in [-0.15, -0.1) is 0 Å². The Kier molecular flexibility index (Phi) is 4.25. The minimum absolute atomic E-state index is 0.103. The average molecular weight is 297 g/mol. The fraction of sp³-hybridized carbons (Fsp3) is 0.800. The van der Waals surface area contributed by atoms with E-state index in [0.717, 1.165) is 12.8 Å². The summed E-state index contributed by atoms with van der Waals surface area (Å²) >= 11 is 0. The zero-order valence-corrected chi connectivity index (χ0v) is 12.7. The number of carbonyl (C=O) groups is 3. The van der Waals surface area contributed by atoms with E-state index in [0.29, 0.717) is 11.8 Å². The highest BCUT2D eigenvalue weighted by Crippen LogP contribution is 2.54. The lowest BCUT2D eigenvalue weighted by Gasteiger charge is -2.22. The number of nitrogens with one attached hydrogen (secondary N) is 1. The zero-order valence-electron chi connectivity index (χ0n) is 12.7. The maximum absolute atomic E-state index is 12.1. The fourth-order valence-corrected chi connectivity index (χ4v) is 2.97. The molecule has 2 rings (SSSR count). The first-order chi connectivity index (χ1) is 9.65. The molecule has 118 valence electrons. The molecule has 3 atom stereocenters. The van der Waals surface area contributed by atoms with Gasteiger partial charge >= 0.3 is 11.9 Å². The quantitative estimate of drug-likeness (QED) is 0.747. The van der Waals surface area contributed by atoms with Gasteiger partial charge in [0.15, 0.2) is 0 Å². The SMILES string of the molecule is CC(C)(C)OC(=O)C[C@H](NC(=O)C1CC2CC2C1)C(=O)O. The molecule has 0 spiro atoms. The van der Waals surface area contributed by atoms with Crippen LogP contribution in [0.4, 0.5) is 0 Å². The van der Waals surface area contributed by atoms with Crippen LogP contribution in [-0.2, 0) is 19.1 Å². The van der Waals surface area contributed by atoms with Crippen LogP contribution in [0.1, 0.15) is 46.5 Å². The first kappa shape index (κ1) is 15.8. The monoisotopic (exact) mass is 297 g/mol. The lowest BCUT2D eigenvalue weighted by molar-refractivity contribution is -0.158. The number of hydrogen-bond donors (Lipinski definition) is 2. The Morgan fingerprint density at radius 1 is 1.19 bits per heavy atom. The summed E-state index contributed by atoms with van der Waals surface area (Å²) < 4.78 is 5.10. The Hall–Kier alpha value is -1.59. The number of amides is 1. The van der Waals surface area contributed by atoms with E-state index in [1.54, 1.807) is 20.8 Å². The summed E-state index contributed by atoms with van der Waals surface area (Å²) in [6.07, 6.45) is 2.53. The number of fused-ring (bicyclic) bond motifs is 1. The van der Waals surface area contributed by atoms with Crippen molar-refractivity contribution in [1.29, 1.82) is 0 Å². The van der Waals surface area contributed by atoms with Gasteiger partial charge in [0.25, 0.3) is 0 Å². The molecule has 0 saturated heterocycles. The van der Waals surface area contributed by atoms with Crippen molar-refractivity contribution in [3.63, 3.8) is 0 Å². The predicted molar refractivity (Wildman–Crippen MR) is 74.3 cm³/mol. The van der Waals surface area contributed by atoms with E-state index in [1.165, 1.54) is 6.42 Å². The summed E-state index contributed by atoms with van der Waals surface area (Å²) in [6, 6.07) is -1.22. The number of carboxylic acids is 1. The van der Waals surface area contributed by atoms with Crippen LogP contribution in [0.15, 0.2) is 0 Å².